The van der Waals surface area contributed by atoms with Crippen LogP contribution >= 0.6 is 0 Å². The monoisotopic (exact) mass is 474 g/mol. The van der Waals surface area contributed by atoms with Crippen LogP contribution in [-0.4, -0.2) is 47.4 Å². The zero-order valence-electron chi connectivity index (χ0n) is 20.7. The number of unbranched alkanes of at least 4 members (excludes halogenated alkanes) is 2. The number of Topliss-reactive ketones (excluding diaryl/α,β-unsaturated/α-hetero) is 2. The van der Waals surface area contributed by atoms with Gasteiger partial charge in [0.05, 0.1) is 6.61 Å². The number of aliphatic hydroxyl groups excluding tert-OH is 1. The van der Waals surface area contributed by atoms with E-state index in [1.165, 1.54) is 0 Å². The molecule has 4 aliphatic carbocycles. The van der Waals surface area contributed by atoms with Gasteiger partial charge in [0, 0.05) is 24.2 Å². The number of carbonyl (C=O) groups is 4. The molecule has 7 nitrogen and oxygen atoms in total. The lowest BCUT2D eigenvalue weighted by Gasteiger charge is -2.57. The Morgan fingerprint density at radius 1 is 1.12 bits per heavy atom. The molecule has 0 amide bonds. The highest BCUT2D eigenvalue weighted by molar-refractivity contribution is 5.95. The number of carbonyl (C=O) groups excluding carboxylic acids is 4. The number of ether oxygens (including phenoxy) is 2. The molecule has 3 fully saturated rings. The van der Waals surface area contributed by atoms with E-state index in [9.17, 15) is 24.3 Å². The van der Waals surface area contributed by atoms with Gasteiger partial charge in [-0.05, 0) is 61.9 Å². The van der Waals surface area contributed by atoms with Crippen LogP contribution < -0.4 is 0 Å². The van der Waals surface area contributed by atoms with Gasteiger partial charge in [-0.15, -0.1) is 0 Å². The molecule has 4 rings (SSSR count). The first-order chi connectivity index (χ1) is 16.1. The summed E-state index contributed by atoms with van der Waals surface area (Å²) in [6.07, 6.45) is 7.20. The summed E-state index contributed by atoms with van der Waals surface area (Å²) in [5.74, 6) is -0.477. The molecule has 0 heterocycles. The largest absolute Gasteiger partial charge is 0.509 e. The smallest absolute Gasteiger partial charge is 0.434 e. The summed E-state index contributed by atoms with van der Waals surface area (Å²) in [4.78, 5) is 51.6. The molecule has 34 heavy (non-hydrogen) atoms. The highest BCUT2D eigenvalue weighted by atomic mass is 16.7. The fourth-order valence-electron chi connectivity index (χ4n) is 7.86. The van der Waals surface area contributed by atoms with Crippen LogP contribution in [0, 0.1) is 28.6 Å². The summed E-state index contributed by atoms with van der Waals surface area (Å²) in [7, 11) is 0. The number of allylic oxidation sites excluding steroid dienone is 1. The Kier molecular flexibility index (Phi) is 6.80. The van der Waals surface area contributed by atoms with Crippen molar-refractivity contribution in [1.29, 1.82) is 0 Å². The SMILES string of the molecule is CCCCCOC(=O)O[C@]1(C(=O)CO)CC[C@H]2[C@@H]3CCC4=CC(=O)CC[C@]4(C)[C@H]3C(=O)C[C@@]21C. The van der Waals surface area contributed by atoms with Crippen molar-refractivity contribution in [1.82, 2.24) is 0 Å². The van der Waals surface area contributed by atoms with Crippen molar-refractivity contribution in [3.63, 3.8) is 0 Å². The van der Waals surface area contributed by atoms with Crippen molar-refractivity contribution in [3.8, 4) is 0 Å². The molecule has 4 aliphatic rings. The lowest BCUT2D eigenvalue weighted by Crippen LogP contribution is -2.62. The van der Waals surface area contributed by atoms with Crippen molar-refractivity contribution in [2.45, 2.75) is 90.6 Å². The normalized spacial score (nSPS) is 38.9. The number of hydrogen-bond acceptors (Lipinski definition) is 7. The van der Waals surface area contributed by atoms with Crippen molar-refractivity contribution in [2.24, 2.45) is 28.6 Å². The van der Waals surface area contributed by atoms with E-state index < -0.39 is 29.6 Å². The standard InChI is InChI=1S/C27H38O7/c1-4-5-6-13-33-24(32)34-27(22(31)16-28)12-10-20-19-8-7-17-14-18(29)9-11-25(17,2)23(19)21(30)15-26(20,27)3/h14,19-20,23,28H,4-13,15-16H2,1-3H3/t19-,20-,23+,25-,26-,27-/m0/s1. The van der Waals surface area contributed by atoms with Gasteiger partial charge in [-0.1, -0.05) is 39.2 Å². The molecule has 7 heteroatoms. The van der Waals surface area contributed by atoms with Crippen molar-refractivity contribution < 1.29 is 33.8 Å². The Morgan fingerprint density at radius 3 is 2.59 bits per heavy atom. The van der Waals surface area contributed by atoms with Gasteiger partial charge in [0.2, 0.25) is 5.78 Å². The van der Waals surface area contributed by atoms with Gasteiger partial charge in [-0.3, -0.25) is 14.4 Å². The predicted octanol–water partition coefficient (Wildman–Crippen LogP) is 4.34. The molecular formula is C27H38O7. The lowest BCUT2D eigenvalue weighted by atomic mass is 9.46. The maximum atomic E-state index is 13.8. The van der Waals surface area contributed by atoms with E-state index in [0.29, 0.717) is 25.7 Å². The Labute approximate surface area is 201 Å². The van der Waals surface area contributed by atoms with Crippen LogP contribution in [-0.2, 0) is 23.9 Å². The Bertz CT molecular complexity index is 907. The minimum absolute atomic E-state index is 0.00888. The summed E-state index contributed by atoms with van der Waals surface area (Å²) in [5.41, 5.74) is -1.70. The van der Waals surface area contributed by atoms with Crippen molar-refractivity contribution >= 4 is 23.5 Å². The maximum absolute atomic E-state index is 13.8. The second kappa shape index (κ2) is 9.21. The molecule has 0 radical (unpaired) electrons. The van der Waals surface area contributed by atoms with E-state index in [0.717, 1.165) is 31.3 Å². The first kappa shape index (κ1) is 25.1. The number of aliphatic hydroxyl groups is 1. The van der Waals surface area contributed by atoms with Crippen LogP contribution in [0.3, 0.4) is 0 Å². The molecule has 0 spiro atoms. The Hall–Kier alpha value is -2.02. The first-order valence-corrected chi connectivity index (χ1v) is 12.9. The molecule has 0 aromatic carbocycles. The summed E-state index contributed by atoms with van der Waals surface area (Å²) in [5, 5.41) is 9.84. The predicted molar refractivity (Wildman–Crippen MR) is 124 cm³/mol. The summed E-state index contributed by atoms with van der Waals surface area (Å²) in [6.45, 7) is 5.52. The van der Waals surface area contributed by atoms with Crippen LogP contribution in [0.4, 0.5) is 4.79 Å². The molecule has 0 saturated heterocycles. The average Bonchev–Trinajstić information content (AvgIpc) is 3.08. The van der Waals surface area contributed by atoms with Gasteiger partial charge in [-0.2, -0.15) is 0 Å². The van der Waals surface area contributed by atoms with Gasteiger partial charge >= 0.3 is 6.16 Å². The molecular weight excluding hydrogens is 436 g/mol. The van der Waals surface area contributed by atoms with Crippen LogP contribution in [0.15, 0.2) is 11.6 Å². The van der Waals surface area contributed by atoms with E-state index in [4.69, 9.17) is 9.47 Å². The summed E-state index contributed by atoms with van der Waals surface area (Å²) in [6, 6.07) is 0. The number of ketones is 3. The van der Waals surface area contributed by atoms with Gasteiger partial charge in [0.15, 0.2) is 11.4 Å². The van der Waals surface area contributed by atoms with Crippen LogP contribution in [0.5, 0.6) is 0 Å². The minimum atomic E-state index is -1.56. The first-order valence-electron chi connectivity index (χ1n) is 12.9. The summed E-state index contributed by atoms with van der Waals surface area (Å²) >= 11 is 0. The maximum Gasteiger partial charge on any atom is 0.509 e. The third kappa shape index (κ3) is 3.75. The average molecular weight is 475 g/mol. The second-order valence-corrected chi connectivity index (χ2v) is 11.3. The molecule has 1 N–H and O–H groups in total. The molecule has 0 bridgehead atoms. The fourth-order valence-corrected chi connectivity index (χ4v) is 7.86. The quantitative estimate of drug-likeness (QED) is 0.432. The Morgan fingerprint density at radius 2 is 1.88 bits per heavy atom. The van der Waals surface area contributed by atoms with Crippen LogP contribution in [0.25, 0.3) is 0 Å². The molecule has 188 valence electrons. The van der Waals surface area contributed by atoms with E-state index in [1.54, 1.807) is 6.08 Å². The molecule has 0 aliphatic heterocycles. The second-order valence-electron chi connectivity index (χ2n) is 11.3. The highest BCUT2D eigenvalue weighted by Crippen LogP contribution is 2.67. The van der Waals surface area contributed by atoms with Crippen LogP contribution in [0.2, 0.25) is 0 Å². The molecule has 0 aromatic rings. The molecule has 0 unspecified atom stereocenters. The lowest BCUT2D eigenvalue weighted by molar-refractivity contribution is -0.174. The minimum Gasteiger partial charge on any atom is -0.434 e. The van der Waals surface area contributed by atoms with Crippen LogP contribution in [0.1, 0.15) is 85.0 Å². The fraction of sp³-hybridized carbons (Fsp3) is 0.778. The number of rotatable bonds is 7. The zero-order chi connectivity index (χ0) is 24.7. The van der Waals surface area contributed by atoms with E-state index in [1.807, 2.05) is 6.92 Å². The Balaban J connectivity index is 1.63. The third-order valence-electron chi connectivity index (χ3n) is 9.59. The van der Waals surface area contributed by atoms with Crippen molar-refractivity contribution in [2.75, 3.05) is 13.2 Å². The number of hydrogen-bond donors (Lipinski definition) is 1. The molecule has 0 aromatic heterocycles. The molecule has 6 atom stereocenters. The van der Waals surface area contributed by atoms with Gasteiger partial charge < -0.3 is 14.6 Å². The van der Waals surface area contributed by atoms with E-state index >= 15 is 0 Å². The third-order valence-corrected chi connectivity index (χ3v) is 9.59. The van der Waals surface area contributed by atoms with E-state index in [2.05, 4.69) is 13.8 Å². The van der Waals surface area contributed by atoms with Gasteiger partial charge in [0.25, 0.3) is 0 Å². The summed E-state index contributed by atoms with van der Waals surface area (Å²) < 4.78 is 11.1. The topological polar surface area (TPSA) is 107 Å². The zero-order valence-corrected chi connectivity index (χ0v) is 20.7. The van der Waals surface area contributed by atoms with Gasteiger partial charge in [0.1, 0.15) is 12.4 Å². The van der Waals surface area contributed by atoms with Gasteiger partial charge in [-0.25, -0.2) is 4.79 Å². The van der Waals surface area contributed by atoms with Crippen molar-refractivity contribution in [3.05, 3.63) is 11.6 Å². The number of fused-ring (bicyclic) bond motifs is 5. The highest BCUT2D eigenvalue weighted by Gasteiger charge is 2.70. The van der Waals surface area contributed by atoms with E-state index in [-0.39, 0.29) is 54.2 Å². The molecule has 3 saturated carbocycles.